The fourth-order valence-electron chi connectivity index (χ4n) is 1.99. The normalized spacial score (nSPS) is 14.9. The monoisotopic (exact) mass is 245 g/mol. The number of hydrogen-bond acceptors (Lipinski definition) is 1. The molecule has 1 aromatic rings. The molecule has 1 nitrogen and oxygen atoms in total. The van der Waals surface area contributed by atoms with Crippen LogP contribution in [-0.4, -0.2) is 0 Å². The van der Waals surface area contributed by atoms with Crippen molar-refractivity contribution in [3.8, 4) is 0 Å². The summed E-state index contributed by atoms with van der Waals surface area (Å²) < 4.78 is 0. The van der Waals surface area contributed by atoms with Gasteiger partial charge in [-0.25, -0.2) is 0 Å². The second-order valence-electron chi connectivity index (χ2n) is 3.93. The van der Waals surface area contributed by atoms with Gasteiger partial charge in [0.1, 0.15) is 0 Å². The lowest BCUT2D eigenvalue weighted by molar-refractivity contribution is 0.517. The lowest BCUT2D eigenvalue weighted by Crippen LogP contribution is -2.37. The Balaban J connectivity index is 0.00000137. The maximum Gasteiger partial charge on any atom is 0.0659 e. The molecule has 18 heavy (non-hydrogen) atoms. The average Bonchev–Trinajstić information content (AvgIpc) is 2.47. The van der Waals surface area contributed by atoms with Crippen molar-refractivity contribution in [3.05, 3.63) is 59.7 Å². The van der Waals surface area contributed by atoms with E-state index in [0.717, 1.165) is 6.42 Å². The minimum absolute atomic E-state index is 0.372. The molecule has 0 aromatic heterocycles. The summed E-state index contributed by atoms with van der Waals surface area (Å²) in [6.45, 7) is 10.2. The van der Waals surface area contributed by atoms with Crippen LogP contribution in [0.15, 0.2) is 54.1 Å². The second kappa shape index (κ2) is 8.71. The van der Waals surface area contributed by atoms with Crippen molar-refractivity contribution in [1.29, 1.82) is 0 Å². The van der Waals surface area contributed by atoms with Gasteiger partial charge in [0.05, 0.1) is 5.54 Å². The van der Waals surface area contributed by atoms with Crippen molar-refractivity contribution in [2.45, 2.75) is 46.6 Å². The van der Waals surface area contributed by atoms with E-state index in [-0.39, 0.29) is 5.54 Å². The van der Waals surface area contributed by atoms with Crippen LogP contribution in [-0.2, 0) is 5.54 Å². The largest absolute Gasteiger partial charge is 0.318 e. The third-order valence-electron chi connectivity index (χ3n) is 3.02. The molecular formula is C17H27N. The lowest BCUT2D eigenvalue weighted by Gasteiger charge is -2.30. The zero-order valence-corrected chi connectivity index (χ0v) is 12.4. The molecule has 1 unspecified atom stereocenters. The van der Waals surface area contributed by atoms with Crippen molar-refractivity contribution in [2.24, 2.45) is 5.73 Å². The van der Waals surface area contributed by atoms with E-state index >= 15 is 0 Å². The number of benzene rings is 1. The van der Waals surface area contributed by atoms with Crippen LogP contribution >= 0.6 is 0 Å². The molecule has 1 aromatic carbocycles. The summed E-state index contributed by atoms with van der Waals surface area (Å²) in [6, 6.07) is 10.3. The molecule has 0 aliphatic heterocycles. The van der Waals surface area contributed by atoms with Gasteiger partial charge in [-0.05, 0) is 31.4 Å². The molecule has 1 atom stereocenters. The fraction of sp³-hybridized carbons (Fsp3) is 0.412. The fourth-order valence-corrected chi connectivity index (χ4v) is 1.99. The van der Waals surface area contributed by atoms with Gasteiger partial charge in [-0.2, -0.15) is 0 Å². The summed E-state index contributed by atoms with van der Waals surface area (Å²) >= 11 is 0. The molecule has 0 bridgehead atoms. The van der Waals surface area contributed by atoms with Crippen molar-refractivity contribution in [3.63, 3.8) is 0 Å². The molecule has 0 saturated carbocycles. The molecule has 0 aliphatic carbocycles. The van der Waals surface area contributed by atoms with E-state index in [1.807, 2.05) is 52.0 Å². The summed E-state index contributed by atoms with van der Waals surface area (Å²) in [6.07, 6.45) is 7.11. The highest BCUT2D eigenvalue weighted by molar-refractivity contribution is 5.39. The van der Waals surface area contributed by atoms with Crippen LogP contribution in [0.3, 0.4) is 0 Å². The van der Waals surface area contributed by atoms with Crippen LogP contribution in [0.2, 0.25) is 0 Å². The van der Waals surface area contributed by atoms with Gasteiger partial charge in [0.25, 0.3) is 0 Å². The maximum absolute atomic E-state index is 6.54. The van der Waals surface area contributed by atoms with E-state index in [4.69, 9.17) is 5.73 Å². The molecule has 0 radical (unpaired) electrons. The first kappa shape index (κ1) is 16.7. The Kier molecular flexibility index (Phi) is 8.06. The summed E-state index contributed by atoms with van der Waals surface area (Å²) in [7, 11) is 0. The highest BCUT2D eigenvalue weighted by atomic mass is 14.7. The number of allylic oxidation sites excluding steroid dienone is 2. The van der Waals surface area contributed by atoms with Gasteiger partial charge in [-0.15, -0.1) is 0 Å². The first-order chi connectivity index (χ1) is 8.69. The van der Waals surface area contributed by atoms with Crippen LogP contribution in [0.4, 0.5) is 0 Å². The zero-order chi connectivity index (χ0) is 14.0. The highest BCUT2D eigenvalue weighted by Crippen LogP contribution is 2.30. The van der Waals surface area contributed by atoms with Crippen LogP contribution in [0, 0.1) is 0 Å². The van der Waals surface area contributed by atoms with Gasteiger partial charge in [-0.3, -0.25) is 0 Å². The zero-order valence-electron chi connectivity index (χ0n) is 12.4. The van der Waals surface area contributed by atoms with Gasteiger partial charge in [0.2, 0.25) is 0 Å². The number of nitrogens with two attached hydrogens (primary N) is 1. The summed E-state index contributed by atoms with van der Waals surface area (Å²) in [4.78, 5) is 0. The van der Waals surface area contributed by atoms with Crippen molar-refractivity contribution in [2.75, 3.05) is 0 Å². The minimum Gasteiger partial charge on any atom is -0.318 e. The van der Waals surface area contributed by atoms with Crippen LogP contribution in [0.5, 0.6) is 0 Å². The predicted molar refractivity (Wildman–Crippen MR) is 82.5 cm³/mol. The quantitative estimate of drug-likeness (QED) is 0.758. The van der Waals surface area contributed by atoms with E-state index in [1.54, 1.807) is 0 Å². The lowest BCUT2D eigenvalue weighted by atomic mass is 9.81. The summed E-state index contributed by atoms with van der Waals surface area (Å²) in [5.41, 5.74) is 8.51. The molecule has 0 heterocycles. The van der Waals surface area contributed by atoms with E-state index in [1.165, 1.54) is 11.1 Å². The molecule has 0 amide bonds. The highest BCUT2D eigenvalue weighted by Gasteiger charge is 2.27. The van der Waals surface area contributed by atoms with E-state index in [0.29, 0.717) is 0 Å². The molecule has 0 fully saturated rings. The Bertz CT molecular complexity index is 376. The van der Waals surface area contributed by atoms with Crippen molar-refractivity contribution in [1.82, 2.24) is 0 Å². The summed E-state index contributed by atoms with van der Waals surface area (Å²) in [5.74, 6) is 0. The third kappa shape index (κ3) is 3.85. The van der Waals surface area contributed by atoms with Gasteiger partial charge in [0, 0.05) is 0 Å². The predicted octanol–water partition coefficient (Wildman–Crippen LogP) is 4.80. The molecular weight excluding hydrogens is 218 g/mol. The Labute approximate surface area is 112 Å². The minimum atomic E-state index is -0.372. The molecule has 100 valence electrons. The van der Waals surface area contributed by atoms with Crippen LogP contribution < -0.4 is 5.73 Å². The molecule has 1 rings (SSSR count). The Hall–Kier alpha value is -1.34. The molecule has 0 spiro atoms. The van der Waals surface area contributed by atoms with Gasteiger partial charge in [0.15, 0.2) is 0 Å². The Morgan fingerprint density at radius 1 is 1.17 bits per heavy atom. The maximum atomic E-state index is 6.54. The Morgan fingerprint density at radius 2 is 1.72 bits per heavy atom. The molecule has 0 aliphatic rings. The average molecular weight is 245 g/mol. The standard InChI is InChI=1S/C15H21N.C2H6/c1-4-10-13(5-2)15(16,6-3)14-11-8-7-9-12-14;1-2/h4-5,7-12H,6,16H2,1-3H3;1-2H3/b10-4-,13-5+;. The second-order valence-corrected chi connectivity index (χ2v) is 3.93. The first-order valence-corrected chi connectivity index (χ1v) is 6.83. The van der Waals surface area contributed by atoms with Crippen LogP contribution in [0.1, 0.15) is 46.6 Å². The van der Waals surface area contributed by atoms with E-state index in [2.05, 4.69) is 31.2 Å². The van der Waals surface area contributed by atoms with E-state index in [9.17, 15) is 0 Å². The van der Waals surface area contributed by atoms with Gasteiger partial charge >= 0.3 is 0 Å². The van der Waals surface area contributed by atoms with Crippen LogP contribution in [0.25, 0.3) is 0 Å². The number of hydrogen-bond donors (Lipinski definition) is 1. The van der Waals surface area contributed by atoms with Crippen molar-refractivity contribution < 1.29 is 0 Å². The topological polar surface area (TPSA) is 26.0 Å². The summed E-state index contributed by atoms with van der Waals surface area (Å²) in [5, 5.41) is 0. The first-order valence-electron chi connectivity index (χ1n) is 6.83. The third-order valence-corrected chi connectivity index (χ3v) is 3.02. The SMILES string of the molecule is C/C=C\C(=C/C)C(N)(CC)c1ccccc1.CC. The molecule has 2 N–H and O–H groups in total. The molecule has 0 saturated heterocycles. The van der Waals surface area contributed by atoms with Crippen molar-refractivity contribution >= 4 is 0 Å². The van der Waals surface area contributed by atoms with Gasteiger partial charge < -0.3 is 5.73 Å². The van der Waals surface area contributed by atoms with Gasteiger partial charge in [-0.1, -0.05) is 69.3 Å². The molecule has 1 heteroatoms. The number of rotatable bonds is 4. The smallest absolute Gasteiger partial charge is 0.0659 e. The van der Waals surface area contributed by atoms with E-state index < -0.39 is 0 Å². The Morgan fingerprint density at radius 3 is 2.11 bits per heavy atom.